The minimum Gasteiger partial charge on any atom is -0.450 e. The van der Waals surface area contributed by atoms with Crippen molar-refractivity contribution in [3.8, 4) is 11.5 Å². The van der Waals surface area contributed by atoms with Gasteiger partial charge < -0.3 is 10.1 Å². The van der Waals surface area contributed by atoms with E-state index in [1.54, 1.807) is 12.1 Å². The highest BCUT2D eigenvalue weighted by atomic mass is 35.5. The van der Waals surface area contributed by atoms with Gasteiger partial charge in [0.2, 0.25) is 5.75 Å². The number of ether oxygens (including phenoxy) is 1. The number of nitrogens with one attached hydrogen (secondary N) is 1. The van der Waals surface area contributed by atoms with Crippen molar-refractivity contribution in [3.05, 3.63) is 50.6 Å². The van der Waals surface area contributed by atoms with E-state index in [0.29, 0.717) is 18.1 Å². The fourth-order valence-corrected chi connectivity index (χ4v) is 1.93. The van der Waals surface area contributed by atoms with Crippen molar-refractivity contribution in [2.24, 2.45) is 0 Å². The van der Waals surface area contributed by atoms with Gasteiger partial charge in [-0.3, -0.25) is 10.1 Å². The van der Waals surface area contributed by atoms with E-state index >= 15 is 0 Å². The minimum absolute atomic E-state index is 0.0167. The number of aromatic nitrogens is 1. The van der Waals surface area contributed by atoms with Gasteiger partial charge in [-0.05, 0) is 13.0 Å². The van der Waals surface area contributed by atoms with Gasteiger partial charge in [-0.1, -0.05) is 23.2 Å². The number of hydrogen-bond acceptors (Lipinski definition) is 5. The molecule has 110 valence electrons. The molecule has 0 unspecified atom stereocenters. The molecule has 6 nitrogen and oxygen atoms in total. The molecule has 0 fully saturated rings. The summed E-state index contributed by atoms with van der Waals surface area (Å²) >= 11 is 11.7. The first-order valence-electron chi connectivity index (χ1n) is 6.02. The highest BCUT2D eigenvalue weighted by molar-refractivity contribution is 6.42. The Morgan fingerprint density at radius 1 is 1.33 bits per heavy atom. The van der Waals surface area contributed by atoms with Gasteiger partial charge in [-0.2, -0.15) is 0 Å². The molecule has 0 saturated heterocycles. The van der Waals surface area contributed by atoms with Crippen molar-refractivity contribution in [1.82, 2.24) is 4.98 Å². The fourth-order valence-electron chi connectivity index (χ4n) is 1.62. The van der Waals surface area contributed by atoms with E-state index in [-0.39, 0.29) is 21.5 Å². The lowest BCUT2D eigenvalue weighted by atomic mass is 10.3. The number of halogens is 2. The van der Waals surface area contributed by atoms with Crippen molar-refractivity contribution in [2.45, 2.75) is 6.92 Å². The summed E-state index contributed by atoms with van der Waals surface area (Å²) in [6, 6.07) is 5.70. The second-order valence-electron chi connectivity index (χ2n) is 4.00. The first kappa shape index (κ1) is 15.3. The van der Waals surface area contributed by atoms with E-state index in [1.165, 1.54) is 12.3 Å². The number of nitro groups is 1. The Kier molecular flexibility index (Phi) is 4.82. The van der Waals surface area contributed by atoms with Crippen LogP contribution in [0.1, 0.15) is 6.92 Å². The largest absolute Gasteiger partial charge is 0.450 e. The van der Waals surface area contributed by atoms with Crippen molar-refractivity contribution in [2.75, 3.05) is 11.9 Å². The van der Waals surface area contributed by atoms with Gasteiger partial charge >= 0.3 is 5.69 Å². The third-order valence-electron chi connectivity index (χ3n) is 2.52. The molecular formula is C13H11Cl2N3O3. The van der Waals surface area contributed by atoms with Crippen LogP contribution in [0.3, 0.4) is 0 Å². The Hall–Kier alpha value is -2.05. The first-order valence-corrected chi connectivity index (χ1v) is 6.78. The SMILES string of the molecule is CCNc1cc(Oc2cc(Cl)c(Cl)cc2[N+](=O)[O-])ccn1. The van der Waals surface area contributed by atoms with Crippen LogP contribution in [0.5, 0.6) is 11.5 Å². The molecular weight excluding hydrogens is 317 g/mol. The summed E-state index contributed by atoms with van der Waals surface area (Å²) in [5.41, 5.74) is -0.258. The average Bonchev–Trinajstić information content (AvgIpc) is 2.43. The molecule has 0 aliphatic heterocycles. The molecule has 0 atom stereocenters. The van der Waals surface area contributed by atoms with Gasteiger partial charge in [-0.15, -0.1) is 0 Å². The summed E-state index contributed by atoms with van der Waals surface area (Å²) in [7, 11) is 0. The molecule has 0 aliphatic rings. The maximum Gasteiger partial charge on any atom is 0.313 e. The number of anilines is 1. The number of rotatable bonds is 5. The van der Waals surface area contributed by atoms with Gasteiger partial charge in [0.25, 0.3) is 0 Å². The van der Waals surface area contributed by atoms with Crippen LogP contribution in [0.25, 0.3) is 0 Å². The number of hydrogen-bond donors (Lipinski definition) is 1. The molecule has 2 rings (SSSR count). The lowest BCUT2D eigenvalue weighted by molar-refractivity contribution is -0.385. The molecule has 2 aromatic rings. The van der Waals surface area contributed by atoms with E-state index in [2.05, 4.69) is 10.3 Å². The van der Waals surface area contributed by atoms with E-state index in [4.69, 9.17) is 27.9 Å². The predicted octanol–water partition coefficient (Wildman–Crippen LogP) is 4.52. The summed E-state index contributed by atoms with van der Waals surface area (Å²) in [4.78, 5) is 14.6. The fraction of sp³-hybridized carbons (Fsp3) is 0.154. The summed E-state index contributed by atoms with van der Waals surface area (Å²) < 4.78 is 5.53. The maximum absolute atomic E-state index is 11.0. The van der Waals surface area contributed by atoms with Gasteiger partial charge in [0.1, 0.15) is 11.6 Å². The van der Waals surface area contributed by atoms with Gasteiger partial charge in [0.15, 0.2) is 0 Å². The van der Waals surface area contributed by atoms with Crippen LogP contribution in [0.15, 0.2) is 30.5 Å². The standard InChI is InChI=1S/C13H11Cl2N3O3/c1-2-16-13-5-8(3-4-17-13)21-12-7-10(15)9(14)6-11(12)18(19)20/h3-7H,2H2,1H3,(H,16,17). The van der Waals surface area contributed by atoms with Crippen molar-refractivity contribution in [1.29, 1.82) is 0 Å². The summed E-state index contributed by atoms with van der Waals surface area (Å²) in [5.74, 6) is 1.03. The highest BCUT2D eigenvalue weighted by Crippen LogP contribution is 2.38. The third kappa shape index (κ3) is 3.74. The van der Waals surface area contributed by atoms with E-state index < -0.39 is 4.92 Å². The topological polar surface area (TPSA) is 77.3 Å². The van der Waals surface area contributed by atoms with Gasteiger partial charge in [0.05, 0.1) is 15.0 Å². The molecule has 0 saturated carbocycles. The molecule has 1 aromatic carbocycles. The van der Waals surface area contributed by atoms with Crippen molar-refractivity contribution >= 4 is 34.7 Å². The van der Waals surface area contributed by atoms with E-state index in [0.717, 1.165) is 6.07 Å². The Bertz CT molecular complexity index is 680. The zero-order chi connectivity index (χ0) is 15.4. The molecule has 1 aromatic heterocycles. The monoisotopic (exact) mass is 327 g/mol. The summed E-state index contributed by atoms with van der Waals surface area (Å²) in [6.45, 7) is 2.63. The van der Waals surface area contributed by atoms with Crippen LogP contribution in [0.2, 0.25) is 10.0 Å². The number of nitrogens with zero attached hydrogens (tertiary/aromatic N) is 2. The molecule has 1 heterocycles. The molecule has 1 N–H and O–H groups in total. The van der Waals surface area contributed by atoms with Gasteiger partial charge in [-0.25, -0.2) is 4.98 Å². The molecule has 0 radical (unpaired) electrons. The summed E-state index contributed by atoms with van der Waals surface area (Å²) in [5, 5.41) is 14.3. The third-order valence-corrected chi connectivity index (χ3v) is 3.24. The number of nitro benzene ring substituents is 1. The van der Waals surface area contributed by atoms with Crippen LogP contribution in [0.4, 0.5) is 11.5 Å². The smallest absolute Gasteiger partial charge is 0.313 e. The van der Waals surface area contributed by atoms with Crippen molar-refractivity contribution < 1.29 is 9.66 Å². The Balaban J connectivity index is 2.36. The Labute approximate surface area is 130 Å². The average molecular weight is 328 g/mol. The predicted molar refractivity (Wildman–Crippen MR) is 81.6 cm³/mol. The lowest BCUT2D eigenvalue weighted by Gasteiger charge is -2.09. The lowest BCUT2D eigenvalue weighted by Crippen LogP contribution is -1.99. The van der Waals surface area contributed by atoms with Crippen molar-refractivity contribution in [3.63, 3.8) is 0 Å². The number of pyridine rings is 1. The first-order chi connectivity index (χ1) is 10.0. The Morgan fingerprint density at radius 2 is 2.05 bits per heavy atom. The van der Waals surface area contributed by atoms with E-state index in [1.807, 2.05) is 6.92 Å². The van der Waals surface area contributed by atoms with Crippen LogP contribution in [0, 0.1) is 10.1 Å². The highest BCUT2D eigenvalue weighted by Gasteiger charge is 2.19. The minimum atomic E-state index is -0.579. The van der Waals surface area contributed by atoms with E-state index in [9.17, 15) is 10.1 Å². The quantitative estimate of drug-likeness (QED) is 0.645. The van der Waals surface area contributed by atoms with Crippen LogP contribution in [-0.2, 0) is 0 Å². The normalized spacial score (nSPS) is 10.2. The molecule has 8 heteroatoms. The second-order valence-corrected chi connectivity index (χ2v) is 4.81. The van der Waals surface area contributed by atoms with Gasteiger partial charge in [0, 0.05) is 30.9 Å². The van der Waals surface area contributed by atoms with Crippen LogP contribution < -0.4 is 10.1 Å². The zero-order valence-corrected chi connectivity index (χ0v) is 12.5. The molecule has 0 bridgehead atoms. The molecule has 0 aliphatic carbocycles. The molecule has 21 heavy (non-hydrogen) atoms. The molecule has 0 spiro atoms. The van der Waals surface area contributed by atoms with Crippen LogP contribution in [-0.4, -0.2) is 16.5 Å². The Morgan fingerprint density at radius 3 is 2.71 bits per heavy atom. The maximum atomic E-state index is 11.0. The zero-order valence-electron chi connectivity index (χ0n) is 11.0. The second kappa shape index (κ2) is 6.60. The molecule has 0 amide bonds. The van der Waals surface area contributed by atoms with Crippen LogP contribution >= 0.6 is 23.2 Å². The number of benzene rings is 1. The summed E-state index contributed by atoms with van der Waals surface area (Å²) in [6.07, 6.45) is 1.54.